The van der Waals surface area contributed by atoms with Crippen molar-refractivity contribution in [1.29, 1.82) is 0 Å². The summed E-state index contributed by atoms with van der Waals surface area (Å²) in [6, 6.07) is 6.59. The summed E-state index contributed by atoms with van der Waals surface area (Å²) in [5, 5.41) is -0.950. The Bertz CT molecular complexity index is 856. The molecule has 0 spiro atoms. The lowest BCUT2D eigenvalue weighted by Crippen LogP contribution is -2.35. The summed E-state index contributed by atoms with van der Waals surface area (Å²) in [7, 11) is -3.82. The van der Waals surface area contributed by atoms with E-state index in [0.717, 1.165) is 5.56 Å². The predicted octanol–water partition coefficient (Wildman–Crippen LogP) is 3.56. The molecule has 0 aromatic heterocycles. The summed E-state index contributed by atoms with van der Waals surface area (Å²) in [6.07, 6.45) is 3.03. The van der Waals surface area contributed by atoms with Gasteiger partial charge in [-0.1, -0.05) is 32.1 Å². The fourth-order valence-corrected chi connectivity index (χ4v) is 4.50. The molecule has 0 radical (unpaired) electrons. The molecular weight excluding hydrogens is 394 g/mol. The number of sulfonamides is 1. The molecule has 1 unspecified atom stereocenters. The van der Waals surface area contributed by atoms with Crippen molar-refractivity contribution in [1.82, 2.24) is 0 Å². The van der Waals surface area contributed by atoms with Gasteiger partial charge in [-0.2, -0.15) is 0 Å². The Balaban J connectivity index is 2.07. The molecule has 0 saturated heterocycles. The number of ether oxygens (including phenoxy) is 2. The van der Waals surface area contributed by atoms with Gasteiger partial charge in [0.2, 0.25) is 10.0 Å². The average Bonchev–Trinajstić information content (AvgIpc) is 2.66. The third kappa shape index (κ3) is 6.59. The van der Waals surface area contributed by atoms with Crippen molar-refractivity contribution in [3.63, 3.8) is 0 Å². The molecule has 0 saturated carbocycles. The molecule has 1 N–H and O–H groups in total. The SMILES string of the molecule is CC(C)OC(=O)C1=CCCCC1S(=O)(=O)Nc1ccc(COC(=O)C(C)C)cc1. The van der Waals surface area contributed by atoms with Gasteiger partial charge in [-0.3, -0.25) is 9.52 Å². The monoisotopic (exact) mass is 423 g/mol. The van der Waals surface area contributed by atoms with Crippen LogP contribution in [-0.2, 0) is 35.7 Å². The van der Waals surface area contributed by atoms with Crippen LogP contribution in [0.2, 0.25) is 0 Å². The van der Waals surface area contributed by atoms with Gasteiger partial charge >= 0.3 is 11.9 Å². The number of hydrogen-bond acceptors (Lipinski definition) is 6. The molecule has 0 heterocycles. The standard InChI is InChI=1S/C21H29NO6S/c1-14(2)20(23)27-13-16-9-11-17(12-10-16)22-29(25,26)19-8-6-5-7-18(19)21(24)28-15(3)4/h7,9-12,14-15,19,22H,5-6,8,13H2,1-4H3. The number of esters is 2. The molecule has 0 aliphatic heterocycles. The zero-order valence-electron chi connectivity index (χ0n) is 17.3. The van der Waals surface area contributed by atoms with Crippen molar-refractivity contribution >= 4 is 27.6 Å². The van der Waals surface area contributed by atoms with Gasteiger partial charge in [0, 0.05) is 5.69 Å². The predicted molar refractivity (Wildman–Crippen MR) is 111 cm³/mol. The largest absolute Gasteiger partial charge is 0.461 e. The average molecular weight is 424 g/mol. The Morgan fingerprint density at radius 2 is 1.79 bits per heavy atom. The Morgan fingerprint density at radius 1 is 1.14 bits per heavy atom. The van der Waals surface area contributed by atoms with Crippen LogP contribution in [0.4, 0.5) is 5.69 Å². The molecular formula is C21H29NO6S. The van der Waals surface area contributed by atoms with E-state index >= 15 is 0 Å². The van der Waals surface area contributed by atoms with Crippen molar-refractivity contribution in [2.75, 3.05) is 4.72 Å². The number of nitrogens with one attached hydrogen (secondary N) is 1. The molecule has 8 heteroatoms. The van der Waals surface area contributed by atoms with Crippen molar-refractivity contribution < 1.29 is 27.5 Å². The number of carbonyl (C=O) groups excluding carboxylic acids is 2. The highest BCUT2D eigenvalue weighted by molar-refractivity contribution is 7.93. The molecule has 1 atom stereocenters. The van der Waals surface area contributed by atoms with E-state index in [-0.39, 0.29) is 30.2 Å². The van der Waals surface area contributed by atoms with Crippen LogP contribution in [0.15, 0.2) is 35.9 Å². The number of rotatable bonds is 8. The fourth-order valence-electron chi connectivity index (χ4n) is 2.89. The van der Waals surface area contributed by atoms with Crippen molar-refractivity contribution in [2.24, 2.45) is 5.92 Å². The van der Waals surface area contributed by atoms with Crippen LogP contribution < -0.4 is 4.72 Å². The summed E-state index contributed by atoms with van der Waals surface area (Å²) in [5.41, 5.74) is 1.32. The minimum atomic E-state index is -3.82. The molecule has 1 aromatic rings. The molecule has 7 nitrogen and oxygen atoms in total. The Hall–Kier alpha value is -2.35. The highest BCUT2D eigenvalue weighted by atomic mass is 32.2. The van der Waals surface area contributed by atoms with E-state index in [9.17, 15) is 18.0 Å². The lowest BCUT2D eigenvalue weighted by atomic mass is 9.99. The topological polar surface area (TPSA) is 98.8 Å². The van der Waals surface area contributed by atoms with Crippen molar-refractivity contribution in [3.05, 3.63) is 41.5 Å². The van der Waals surface area contributed by atoms with E-state index in [1.165, 1.54) is 0 Å². The second-order valence-corrected chi connectivity index (χ2v) is 9.50. The van der Waals surface area contributed by atoms with Gasteiger partial charge in [0.05, 0.1) is 17.6 Å². The van der Waals surface area contributed by atoms with E-state index < -0.39 is 21.2 Å². The summed E-state index contributed by atoms with van der Waals surface area (Å²) >= 11 is 0. The first kappa shape index (κ1) is 22.9. The van der Waals surface area contributed by atoms with Gasteiger partial charge in [0.1, 0.15) is 11.9 Å². The Morgan fingerprint density at radius 3 is 2.38 bits per heavy atom. The highest BCUT2D eigenvalue weighted by Crippen LogP contribution is 2.27. The van der Waals surface area contributed by atoms with Gasteiger partial charge < -0.3 is 9.47 Å². The summed E-state index contributed by atoms with van der Waals surface area (Å²) in [4.78, 5) is 23.9. The maximum atomic E-state index is 12.9. The highest BCUT2D eigenvalue weighted by Gasteiger charge is 2.35. The number of carbonyl (C=O) groups is 2. The van der Waals surface area contributed by atoms with E-state index in [1.807, 2.05) is 0 Å². The summed E-state index contributed by atoms with van der Waals surface area (Å²) in [6.45, 7) is 7.09. The van der Waals surface area contributed by atoms with Gasteiger partial charge in [0.15, 0.2) is 0 Å². The number of benzene rings is 1. The number of hydrogen-bond donors (Lipinski definition) is 1. The maximum absolute atomic E-state index is 12.9. The molecule has 29 heavy (non-hydrogen) atoms. The van der Waals surface area contributed by atoms with Crippen LogP contribution >= 0.6 is 0 Å². The quantitative estimate of drug-likeness (QED) is 0.642. The van der Waals surface area contributed by atoms with Gasteiger partial charge in [-0.05, 0) is 50.8 Å². The van der Waals surface area contributed by atoms with Gasteiger partial charge in [0.25, 0.3) is 0 Å². The zero-order chi connectivity index (χ0) is 21.6. The van der Waals surface area contributed by atoms with Crippen LogP contribution in [-0.4, -0.2) is 31.7 Å². The van der Waals surface area contributed by atoms with Gasteiger partial charge in [-0.15, -0.1) is 0 Å². The molecule has 0 amide bonds. The first-order chi connectivity index (χ1) is 13.6. The molecule has 1 aliphatic rings. The van der Waals surface area contributed by atoms with E-state index in [2.05, 4.69) is 4.72 Å². The van der Waals surface area contributed by atoms with Crippen molar-refractivity contribution in [2.45, 2.75) is 64.9 Å². The molecule has 0 fully saturated rings. The summed E-state index contributed by atoms with van der Waals surface area (Å²) < 4.78 is 38.7. The number of allylic oxidation sites excluding steroid dienone is 1. The normalized spacial score (nSPS) is 17.0. The minimum absolute atomic E-state index is 0.126. The maximum Gasteiger partial charge on any atom is 0.335 e. The fraction of sp³-hybridized carbons (Fsp3) is 0.524. The Labute approximate surface area is 172 Å². The third-order valence-corrected chi connectivity index (χ3v) is 6.16. The second-order valence-electron chi connectivity index (χ2n) is 7.64. The first-order valence-corrected chi connectivity index (χ1v) is 11.3. The van der Waals surface area contributed by atoms with Crippen LogP contribution in [0.1, 0.15) is 52.5 Å². The van der Waals surface area contributed by atoms with E-state index in [4.69, 9.17) is 9.47 Å². The van der Waals surface area contributed by atoms with Crippen LogP contribution in [0, 0.1) is 5.92 Å². The van der Waals surface area contributed by atoms with E-state index in [1.54, 1.807) is 58.0 Å². The molecule has 1 aliphatic carbocycles. The minimum Gasteiger partial charge on any atom is -0.461 e. The number of anilines is 1. The van der Waals surface area contributed by atoms with Crippen LogP contribution in [0.3, 0.4) is 0 Å². The lowest BCUT2D eigenvalue weighted by molar-refractivity contribution is -0.148. The van der Waals surface area contributed by atoms with Crippen LogP contribution in [0.5, 0.6) is 0 Å². The smallest absolute Gasteiger partial charge is 0.335 e. The third-order valence-electron chi connectivity index (χ3n) is 4.40. The van der Waals surface area contributed by atoms with E-state index in [0.29, 0.717) is 24.9 Å². The molecule has 1 aromatic carbocycles. The lowest BCUT2D eigenvalue weighted by Gasteiger charge is -2.24. The van der Waals surface area contributed by atoms with Crippen molar-refractivity contribution in [3.8, 4) is 0 Å². The van der Waals surface area contributed by atoms with Crippen LogP contribution in [0.25, 0.3) is 0 Å². The second kappa shape index (κ2) is 9.91. The summed E-state index contributed by atoms with van der Waals surface area (Å²) in [5.74, 6) is -1.08. The molecule has 160 valence electrons. The molecule has 0 bridgehead atoms. The van der Waals surface area contributed by atoms with Gasteiger partial charge in [-0.25, -0.2) is 13.2 Å². The first-order valence-electron chi connectivity index (χ1n) is 9.78. The zero-order valence-corrected chi connectivity index (χ0v) is 18.1. The Kier molecular flexibility index (Phi) is 7.84. The molecule has 2 rings (SSSR count).